The average Bonchev–Trinajstić information content (AvgIpc) is 2.48. The first-order valence-electron chi connectivity index (χ1n) is 4.85. The summed E-state index contributed by atoms with van der Waals surface area (Å²) in [5, 5.41) is 9.52. The monoisotopic (exact) mass is 188 g/mol. The number of fused-ring (bicyclic) bond motifs is 1. The van der Waals surface area contributed by atoms with Crippen molar-refractivity contribution in [2.75, 3.05) is 0 Å². The van der Waals surface area contributed by atoms with Crippen LogP contribution in [0.1, 0.15) is 26.7 Å². The highest BCUT2D eigenvalue weighted by Crippen LogP contribution is 2.31. The molecule has 0 spiro atoms. The van der Waals surface area contributed by atoms with E-state index in [0.29, 0.717) is 6.42 Å². The topological polar surface area (TPSA) is 47.9 Å². The normalized spacial score (nSPS) is 50.5. The van der Waals surface area contributed by atoms with E-state index in [1.165, 1.54) is 0 Å². The Morgan fingerprint density at radius 1 is 1.31 bits per heavy atom. The Hall–Kier alpha value is -0.160. The molecule has 2 aliphatic rings. The number of aliphatic hydroxyl groups is 1. The van der Waals surface area contributed by atoms with Crippen molar-refractivity contribution in [1.82, 2.24) is 0 Å². The molecule has 0 aromatic heterocycles. The molecule has 0 aromatic carbocycles. The van der Waals surface area contributed by atoms with Gasteiger partial charge in [-0.1, -0.05) is 6.92 Å². The first-order chi connectivity index (χ1) is 6.20. The fraction of sp³-hybridized carbons (Fsp3) is 1.00. The fourth-order valence-electron chi connectivity index (χ4n) is 1.74. The van der Waals surface area contributed by atoms with Crippen LogP contribution in [0.25, 0.3) is 0 Å². The molecule has 5 atom stereocenters. The zero-order valence-electron chi connectivity index (χ0n) is 7.97. The second-order valence-corrected chi connectivity index (χ2v) is 3.66. The molecule has 76 valence electrons. The first kappa shape index (κ1) is 9.40. The van der Waals surface area contributed by atoms with Crippen molar-refractivity contribution < 1.29 is 19.3 Å². The van der Waals surface area contributed by atoms with Crippen LogP contribution in [-0.4, -0.2) is 36.0 Å². The Morgan fingerprint density at radius 2 is 2.08 bits per heavy atom. The van der Waals surface area contributed by atoms with Crippen molar-refractivity contribution in [2.24, 2.45) is 0 Å². The van der Waals surface area contributed by atoms with Gasteiger partial charge in [-0.3, -0.25) is 0 Å². The third kappa shape index (κ3) is 1.72. The van der Waals surface area contributed by atoms with Crippen LogP contribution in [0.3, 0.4) is 0 Å². The van der Waals surface area contributed by atoms with E-state index in [2.05, 4.69) is 0 Å². The minimum Gasteiger partial charge on any atom is -0.390 e. The Kier molecular flexibility index (Phi) is 2.55. The fourth-order valence-corrected chi connectivity index (χ4v) is 1.74. The minimum absolute atomic E-state index is 0.0869. The molecule has 2 rings (SSSR count). The lowest BCUT2D eigenvalue weighted by atomic mass is 10.0. The molecule has 2 saturated heterocycles. The van der Waals surface area contributed by atoms with E-state index < -0.39 is 6.10 Å². The van der Waals surface area contributed by atoms with Crippen LogP contribution in [0.4, 0.5) is 0 Å². The molecule has 0 bridgehead atoms. The van der Waals surface area contributed by atoms with Gasteiger partial charge in [0.2, 0.25) is 0 Å². The quantitative estimate of drug-likeness (QED) is 0.655. The molecule has 0 radical (unpaired) electrons. The van der Waals surface area contributed by atoms with Crippen LogP contribution in [0, 0.1) is 0 Å². The molecule has 2 aliphatic heterocycles. The molecule has 2 fully saturated rings. The predicted octanol–water partition coefficient (Wildman–Crippen LogP) is 0.634. The van der Waals surface area contributed by atoms with Gasteiger partial charge in [-0.15, -0.1) is 0 Å². The van der Waals surface area contributed by atoms with Gasteiger partial charge in [0.05, 0.1) is 12.2 Å². The molecule has 0 amide bonds. The maximum absolute atomic E-state index is 9.52. The smallest absolute Gasteiger partial charge is 0.187 e. The number of hydrogen-bond donors (Lipinski definition) is 1. The van der Waals surface area contributed by atoms with E-state index in [9.17, 15) is 5.11 Å². The third-order valence-electron chi connectivity index (χ3n) is 2.61. The van der Waals surface area contributed by atoms with E-state index in [4.69, 9.17) is 14.2 Å². The molecule has 4 heteroatoms. The van der Waals surface area contributed by atoms with Gasteiger partial charge in [-0.2, -0.15) is 0 Å². The van der Waals surface area contributed by atoms with Crippen molar-refractivity contribution in [1.29, 1.82) is 0 Å². The van der Waals surface area contributed by atoms with E-state index in [1.807, 2.05) is 13.8 Å². The number of rotatable bonds is 1. The Balaban J connectivity index is 1.97. The van der Waals surface area contributed by atoms with Crippen LogP contribution < -0.4 is 0 Å². The molecule has 13 heavy (non-hydrogen) atoms. The Labute approximate surface area is 77.8 Å². The summed E-state index contributed by atoms with van der Waals surface area (Å²) in [5.41, 5.74) is 0. The van der Waals surface area contributed by atoms with Gasteiger partial charge in [-0.05, 0) is 13.3 Å². The van der Waals surface area contributed by atoms with Crippen LogP contribution in [-0.2, 0) is 14.2 Å². The van der Waals surface area contributed by atoms with Crippen molar-refractivity contribution in [3.63, 3.8) is 0 Å². The molecule has 0 unspecified atom stereocenters. The van der Waals surface area contributed by atoms with Crippen molar-refractivity contribution >= 4 is 0 Å². The SMILES string of the molecule is CC[C@H]1O[C@H]2O[C@H](C)[C@@H](O)C[C@H]2O1. The lowest BCUT2D eigenvalue weighted by Crippen LogP contribution is -2.44. The highest BCUT2D eigenvalue weighted by Gasteiger charge is 2.43. The third-order valence-corrected chi connectivity index (χ3v) is 2.61. The largest absolute Gasteiger partial charge is 0.390 e. The lowest BCUT2D eigenvalue weighted by Gasteiger charge is -2.31. The van der Waals surface area contributed by atoms with Gasteiger partial charge < -0.3 is 19.3 Å². The summed E-state index contributed by atoms with van der Waals surface area (Å²) < 4.78 is 16.5. The highest BCUT2D eigenvalue weighted by molar-refractivity contribution is 4.82. The van der Waals surface area contributed by atoms with Gasteiger partial charge in [0, 0.05) is 6.42 Å². The first-order valence-corrected chi connectivity index (χ1v) is 4.85. The Morgan fingerprint density at radius 3 is 2.77 bits per heavy atom. The average molecular weight is 188 g/mol. The molecular formula is C9H16O4. The number of ether oxygens (including phenoxy) is 3. The predicted molar refractivity (Wildman–Crippen MR) is 45.0 cm³/mol. The maximum atomic E-state index is 9.52. The highest BCUT2D eigenvalue weighted by atomic mass is 16.8. The molecule has 0 aromatic rings. The van der Waals surface area contributed by atoms with Crippen LogP contribution in [0.5, 0.6) is 0 Å². The minimum atomic E-state index is -0.430. The van der Waals surface area contributed by atoms with E-state index in [1.54, 1.807) is 0 Å². The summed E-state index contributed by atoms with van der Waals surface area (Å²) in [4.78, 5) is 0. The Bertz CT molecular complexity index is 166. The molecule has 0 saturated carbocycles. The van der Waals surface area contributed by atoms with Crippen molar-refractivity contribution in [3.8, 4) is 0 Å². The molecule has 1 N–H and O–H groups in total. The second kappa shape index (κ2) is 3.53. The summed E-state index contributed by atoms with van der Waals surface area (Å²) in [6, 6.07) is 0. The zero-order valence-corrected chi connectivity index (χ0v) is 7.97. The summed E-state index contributed by atoms with van der Waals surface area (Å²) in [6.07, 6.45) is 0.330. The summed E-state index contributed by atoms with van der Waals surface area (Å²) in [6.45, 7) is 3.85. The van der Waals surface area contributed by atoms with Crippen LogP contribution >= 0.6 is 0 Å². The number of aliphatic hydroxyl groups excluding tert-OH is 1. The molecule has 2 heterocycles. The molecule has 4 nitrogen and oxygen atoms in total. The van der Waals surface area contributed by atoms with Gasteiger partial charge in [0.1, 0.15) is 6.10 Å². The summed E-state index contributed by atoms with van der Waals surface area (Å²) in [7, 11) is 0. The summed E-state index contributed by atoms with van der Waals surface area (Å²) >= 11 is 0. The second-order valence-electron chi connectivity index (χ2n) is 3.66. The van der Waals surface area contributed by atoms with Crippen molar-refractivity contribution in [3.05, 3.63) is 0 Å². The van der Waals surface area contributed by atoms with E-state index in [-0.39, 0.29) is 24.8 Å². The van der Waals surface area contributed by atoms with Gasteiger partial charge in [0.15, 0.2) is 12.6 Å². The van der Waals surface area contributed by atoms with Gasteiger partial charge in [-0.25, -0.2) is 0 Å². The summed E-state index contributed by atoms with van der Waals surface area (Å²) in [5.74, 6) is 0. The van der Waals surface area contributed by atoms with E-state index in [0.717, 1.165) is 6.42 Å². The van der Waals surface area contributed by atoms with Crippen LogP contribution in [0.2, 0.25) is 0 Å². The molecular weight excluding hydrogens is 172 g/mol. The zero-order chi connectivity index (χ0) is 9.42. The van der Waals surface area contributed by atoms with Gasteiger partial charge >= 0.3 is 0 Å². The lowest BCUT2D eigenvalue weighted by molar-refractivity contribution is -0.208. The standard InChI is InChI=1S/C9H16O4/c1-3-8-12-7-4-6(10)5(2)11-9(7)13-8/h5-10H,3-4H2,1-2H3/t5-,6+,7-,8-,9-/m1/s1. The van der Waals surface area contributed by atoms with Gasteiger partial charge in [0.25, 0.3) is 0 Å². The maximum Gasteiger partial charge on any atom is 0.187 e. The number of hydrogen-bond acceptors (Lipinski definition) is 4. The molecule has 0 aliphatic carbocycles. The van der Waals surface area contributed by atoms with E-state index >= 15 is 0 Å². The van der Waals surface area contributed by atoms with Crippen LogP contribution in [0.15, 0.2) is 0 Å². The van der Waals surface area contributed by atoms with Crippen molar-refractivity contribution in [2.45, 2.75) is 57.6 Å².